The van der Waals surface area contributed by atoms with Crippen molar-refractivity contribution in [1.29, 1.82) is 0 Å². The van der Waals surface area contributed by atoms with Crippen molar-refractivity contribution in [1.82, 2.24) is 20.4 Å². The normalized spacial score (nSPS) is 12.2. The van der Waals surface area contributed by atoms with E-state index in [2.05, 4.69) is 15.5 Å². The van der Waals surface area contributed by atoms with Crippen molar-refractivity contribution in [3.63, 3.8) is 0 Å². The van der Waals surface area contributed by atoms with Gasteiger partial charge in [-0.05, 0) is 49.4 Å². The van der Waals surface area contributed by atoms with Gasteiger partial charge >= 0.3 is 0 Å². The fourth-order valence-electron chi connectivity index (χ4n) is 2.62. The number of aromatic nitrogens is 2. The molecule has 0 saturated heterocycles. The van der Waals surface area contributed by atoms with E-state index in [9.17, 15) is 13.6 Å². The number of hydrogen-bond donors (Lipinski definition) is 1. The molecule has 1 heterocycles. The Balaban J connectivity index is 1.56. The first-order valence-electron chi connectivity index (χ1n) is 8.73. The monoisotopic (exact) mass is 402 g/mol. The Hall–Kier alpha value is -2.71. The minimum atomic E-state index is -0.317. The molecule has 1 atom stereocenters. The SMILES string of the molecule is CC(c1ccc(F)cc1)N(C)Cc1nnc(C(=O)NCc2ccc(F)cc2)s1. The number of halogens is 2. The van der Waals surface area contributed by atoms with E-state index < -0.39 is 0 Å². The van der Waals surface area contributed by atoms with E-state index >= 15 is 0 Å². The van der Waals surface area contributed by atoms with Crippen molar-refractivity contribution in [3.8, 4) is 0 Å². The lowest BCUT2D eigenvalue weighted by molar-refractivity contribution is 0.0950. The Bertz CT molecular complexity index is 928. The summed E-state index contributed by atoms with van der Waals surface area (Å²) in [7, 11) is 1.93. The van der Waals surface area contributed by atoms with Gasteiger partial charge in [-0.15, -0.1) is 10.2 Å². The maximum atomic E-state index is 13.1. The molecule has 0 aliphatic carbocycles. The van der Waals surface area contributed by atoms with Gasteiger partial charge in [0.25, 0.3) is 5.91 Å². The molecule has 0 radical (unpaired) electrons. The lowest BCUT2D eigenvalue weighted by Crippen LogP contribution is -2.22. The summed E-state index contributed by atoms with van der Waals surface area (Å²) < 4.78 is 26.0. The fourth-order valence-corrected chi connectivity index (χ4v) is 3.44. The number of carbonyl (C=O) groups is 1. The molecule has 146 valence electrons. The number of rotatable bonds is 7. The first-order valence-corrected chi connectivity index (χ1v) is 9.55. The highest BCUT2D eigenvalue weighted by molar-refractivity contribution is 7.13. The molecule has 1 amide bonds. The van der Waals surface area contributed by atoms with Crippen LogP contribution >= 0.6 is 11.3 Å². The third-order valence-electron chi connectivity index (χ3n) is 4.43. The van der Waals surface area contributed by atoms with Gasteiger partial charge in [0.2, 0.25) is 5.01 Å². The van der Waals surface area contributed by atoms with Crippen molar-refractivity contribution < 1.29 is 13.6 Å². The summed E-state index contributed by atoms with van der Waals surface area (Å²) in [6.07, 6.45) is 0. The van der Waals surface area contributed by atoms with Crippen LogP contribution in [0.25, 0.3) is 0 Å². The van der Waals surface area contributed by atoms with Gasteiger partial charge in [0, 0.05) is 12.6 Å². The zero-order valence-corrected chi connectivity index (χ0v) is 16.3. The van der Waals surface area contributed by atoms with E-state index in [1.807, 2.05) is 18.9 Å². The molecule has 0 saturated carbocycles. The van der Waals surface area contributed by atoms with Crippen LogP contribution in [0.3, 0.4) is 0 Å². The second-order valence-corrected chi connectivity index (χ2v) is 7.51. The predicted molar refractivity (Wildman–Crippen MR) is 104 cm³/mol. The number of amides is 1. The van der Waals surface area contributed by atoms with Crippen LogP contribution in [-0.4, -0.2) is 28.1 Å². The molecule has 2 aromatic carbocycles. The summed E-state index contributed by atoms with van der Waals surface area (Å²) in [5.74, 6) is -0.899. The van der Waals surface area contributed by atoms with Gasteiger partial charge in [0.05, 0.1) is 6.54 Å². The highest BCUT2D eigenvalue weighted by Gasteiger charge is 2.17. The predicted octanol–water partition coefficient (Wildman–Crippen LogP) is 3.94. The Labute approximate surface area is 166 Å². The Morgan fingerprint density at radius 1 is 1.07 bits per heavy atom. The van der Waals surface area contributed by atoms with Gasteiger partial charge in [-0.1, -0.05) is 35.6 Å². The van der Waals surface area contributed by atoms with Crippen molar-refractivity contribution in [2.45, 2.75) is 26.1 Å². The molecule has 0 bridgehead atoms. The van der Waals surface area contributed by atoms with E-state index in [1.165, 1.54) is 35.6 Å². The molecule has 8 heteroatoms. The number of nitrogens with zero attached hydrogens (tertiary/aromatic N) is 3. The van der Waals surface area contributed by atoms with Gasteiger partial charge < -0.3 is 5.32 Å². The summed E-state index contributed by atoms with van der Waals surface area (Å²) >= 11 is 1.23. The maximum Gasteiger partial charge on any atom is 0.282 e. The summed E-state index contributed by atoms with van der Waals surface area (Å²) in [4.78, 5) is 14.3. The van der Waals surface area contributed by atoms with Gasteiger partial charge in [-0.25, -0.2) is 8.78 Å². The standard InChI is InChI=1S/C20H20F2N4OS/c1-13(15-5-9-17(22)10-6-15)26(2)12-18-24-25-20(28-18)19(27)23-11-14-3-7-16(21)8-4-14/h3-10,13H,11-12H2,1-2H3,(H,23,27). The lowest BCUT2D eigenvalue weighted by Gasteiger charge is -2.23. The third kappa shape index (κ3) is 5.17. The zero-order chi connectivity index (χ0) is 20.1. The van der Waals surface area contributed by atoms with E-state index in [0.717, 1.165) is 11.1 Å². The van der Waals surface area contributed by atoms with Crippen molar-refractivity contribution in [2.24, 2.45) is 0 Å². The van der Waals surface area contributed by atoms with Gasteiger partial charge in [0.1, 0.15) is 16.6 Å². The topological polar surface area (TPSA) is 58.1 Å². The molecular weight excluding hydrogens is 382 g/mol. The van der Waals surface area contributed by atoms with Crippen LogP contribution in [0.5, 0.6) is 0 Å². The summed E-state index contributed by atoms with van der Waals surface area (Å²) in [5.41, 5.74) is 1.79. The van der Waals surface area contributed by atoms with E-state index in [4.69, 9.17) is 0 Å². The van der Waals surface area contributed by atoms with Crippen LogP contribution in [0.4, 0.5) is 8.78 Å². The molecule has 1 N–H and O–H groups in total. The quantitative estimate of drug-likeness (QED) is 0.650. The molecule has 0 aliphatic rings. The van der Waals surface area contributed by atoms with Crippen molar-refractivity contribution in [3.05, 3.63) is 81.3 Å². The molecule has 5 nitrogen and oxygen atoms in total. The van der Waals surface area contributed by atoms with E-state index in [0.29, 0.717) is 11.6 Å². The Kier molecular flexibility index (Phi) is 6.43. The Morgan fingerprint density at radius 3 is 2.32 bits per heavy atom. The van der Waals surface area contributed by atoms with Gasteiger partial charge in [-0.3, -0.25) is 9.69 Å². The van der Waals surface area contributed by atoms with Gasteiger partial charge in [-0.2, -0.15) is 0 Å². The molecule has 0 fully saturated rings. The van der Waals surface area contributed by atoms with Crippen LogP contribution in [0.2, 0.25) is 0 Å². The van der Waals surface area contributed by atoms with Crippen molar-refractivity contribution in [2.75, 3.05) is 7.05 Å². The molecule has 1 unspecified atom stereocenters. The molecule has 3 rings (SSSR count). The number of carbonyl (C=O) groups excluding carboxylic acids is 1. The van der Waals surface area contributed by atoms with Crippen LogP contribution in [0.15, 0.2) is 48.5 Å². The second-order valence-electron chi connectivity index (χ2n) is 6.45. The molecule has 3 aromatic rings. The average Bonchev–Trinajstić information content (AvgIpc) is 3.16. The molecular formula is C20H20F2N4OS. The van der Waals surface area contributed by atoms with Crippen LogP contribution < -0.4 is 5.32 Å². The summed E-state index contributed by atoms with van der Waals surface area (Å²) in [6, 6.07) is 12.4. The molecule has 0 spiro atoms. The number of benzene rings is 2. The summed E-state index contributed by atoms with van der Waals surface area (Å²) in [5, 5.41) is 11.8. The fraction of sp³-hybridized carbons (Fsp3) is 0.250. The first-order chi connectivity index (χ1) is 13.4. The highest BCUT2D eigenvalue weighted by atomic mass is 32.1. The molecule has 28 heavy (non-hydrogen) atoms. The maximum absolute atomic E-state index is 13.1. The summed E-state index contributed by atoms with van der Waals surface area (Å²) in [6.45, 7) is 2.82. The van der Waals surface area contributed by atoms with Crippen LogP contribution in [-0.2, 0) is 13.1 Å². The number of nitrogens with one attached hydrogen (secondary N) is 1. The van der Waals surface area contributed by atoms with Crippen LogP contribution in [0.1, 0.15) is 38.9 Å². The average molecular weight is 402 g/mol. The second kappa shape index (κ2) is 8.99. The highest BCUT2D eigenvalue weighted by Crippen LogP contribution is 2.22. The lowest BCUT2D eigenvalue weighted by atomic mass is 10.1. The van der Waals surface area contributed by atoms with Gasteiger partial charge in [0.15, 0.2) is 0 Å². The van der Waals surface area contributed by atoms with Crippen LogP contribution in [0, 0.1) is 11.6 Å². The first kappa shape index (κ1) is 20.0. The smallest absolute Gasteiger partial charge is 0.282 e. The minimum Gasteiger partial charge on any atom is -0.346 e. The molecule has 0 aliphatic heterocycles. The third-order valence-corrected chi connectivity index (χ3v) is 5.33. The Morgan fingerprint density at radius 2 is 1.68 bits per heavy atom. The number of hydrogen-bond acceptors (Lipinski definition) is 5. The zero-order valence-electron chi connectivity index (χ0n) is 15.5. The minimum absolute atomic E-state index is 0.0558. The van der Waals surface area contributed by atoms with Crippen molar-refractivity contribution >= 4 is 17.2 Å². The van der Waals surface area contributed by atoms with E-state index in [-0.39, 0.29) is 35.1 Å². The van der Waals surface area contributed by atoms with E-state index in [1.54, 1.807) is 24.3 Å². The molecule has 1 aromatic heterocycles. The largest absolute Gasteiger partial charge is 0.346 e.